The molecule has 8 heteroatoms. The van der Waals surface area contributed by atoms with Crippen molar-refractivity contribution in [3.8, 4) is 22.6 Å². The summed E-state index contributed by atoms with van der Waals surface area (Å²) in [6, 6.07) is 18.1. The highest BCUT2D eigenvalue weighted by molar-refractivity contribution is 5.81. The number of furan rings is 1. The number of hydrogen-bond acceptors (Lipinski definition) is 7. The van der Waals surface area contributed by atoms with Crippen molar-refractivity contribution in [1.82, 2.24) is 24.4 Å². The maximum Gasteiger partial charge on any atom is 0.261 e. The van der Waals surface area contributed by atoms with Crippen LogP contribution in [0.25, 0.3) is 33.6 Å². The minimum Gasteiger partial charge on any atom is -0.464 e. The van der Waals surface area contributed by atoms with Crippen LogP contribution < -0.4 is 10.9 Å². The molecule has 0 bridgehead atoms. The number of benzene rings is 1. The Hall–Kier alpha value is -4.30. The Morgan fingerprint density at radius 2 is 1.82 bits per heavy atom. The summed E-state index contributed by atoms with van der Waals surface area (Å²) >= 11 is 0. The van der Waals surface area contributed by atoms with Crippen LogP contribution in [0.2, 0.25) is 0 Å². The molecule has 5 aromatic rings. The van der Waals surface area contributed by atoms with E-state index in [-0.39, 0.29) is 11.6 Å². The van der Waals surface area contributed by atoms with Crippen molar-refractivity contribution >= 4 is 22.7 Å². The zero-order chi connectivity index (χ0) is 27.1. The van der Waals surface area contributed by atoms with Gasteiger partial charge < -0.3 is 14.6 Å². The summed E-state index contributed by atoms with van der Waals surface area (Å²) in [4.78, 5) is 30.4. The van der Waals surface area contributed by atoms with Crippen LogP contribution >= 0.6 is 0 Å². The predicted octanol–water partition coefficient (Wildman–Crippen LogP) is 6.39. The SMILES string of the molecule is CN1CCC(c2ccc(Nc3ncc4cc(-c5ccc(-c6ccco6)cn5)c(=O)n(C5CCCC5)c4n3)cc2)C1. The van der Waals surface area contributed by atoms with Gasteiger partial charge in [-0.05, 0) is 86.8 Å². The smallest absolute Gasteiger partial charge is 0.261 e. The lowest BCUT2D eigenvalue weighted by Crippen LogP contribution is -2.26. The standard InChI is InChI=1S/C32H32N6O2/c1-37-15-14-23(20-37)21-8-11-25(12-9-21)35-32-34-19-24-17-27(28-13-10-22(18-33-28)29-7-4-16-40-29)31(39)38(30(24)36-32)26-5-2-3-6-26/h4,7-13,16-19,23,26H,2-3,5-6,14-15,20H2,1H3,(H,34,35,36). The van der Waals surface area contributed by atoms with Crippen molar-refractivity contribution in [3.63, 3.8) is 0 Å². The third-order valence-electron chi connectivity index (χ3n) is 8.34. The second-order valence-electron chi connectivity index (χ2n) is 11.0. The largest absolute Gasteiger partial charge is 0.464 e. The van der Waals surface area contributed by atoms with Crippen LogP contribution in [-0.2, 0) is 0 Å². The average Bonchev–Trinajstić information content (AvgIpc) is 3.77. The van der Waals surface area contributed by atoms with Gasteiger partial charge in [0.15, 0.2) is 0 Å². The van der Waals surface area contributed by atoms with Crippen LogP contribution in [0.5, 0.6) is 0 Å². The first-order chi connectivity index (χ1) is 19.6. The summed E-state index contributed by atoms with van der Waals surface area (Å²) in [6.07, 6.45) is 10.5. The molecule has 7 rings (SSSR count). The summed E-state index contributed by atoms with van der Waals surface area (Å²) in [6.45, 7) is 2.25. The molecule has 0 radical (unpaired) electrons. The Morgan fingerprint density at radius 1 is 0.975 bits per heavy atom. The number of nitrogens with zero attached hydrogens (tertiary/aromatic N) is 5. The van der Waals surface area contributed by atoms with Crippen molar-refractivity contribution in [2.24, 2.45) is 0 Å². The highest BCUT2D eigenvalue weighted by Crippen LogP contribution is 2.33. The maximum absolute atomic E-state index is 14.0. The first-order valence-electron chi connectivity index (χ1n) is 14.1. The van der Waals surface area contributed by atoms with E-state index in [9.17, 15) is 4.79 Å². The molecular weight excluding hydrogens is 500 g/mol. The van der Waals surface area contributed by atoms with Crippen molar-refractivity contribution in [1.29, 1.82) is 0 Å². The number of nitrogens with one attached hydrogen (secondary N) is 1. The molecule has 2 fully saturated rings. The Balaban J connectivity index is 1.23. The fourth-order valence-corrected chi connectivity index (χ4v) is 6.18. The fraction of sp³-hybridized carbons (Fsp3) is 0.312. The zero-order valence-corrected chi connectivity index (χ0v) is 22.6. The number of aromatic nitrogens is 4. The molecule has 4 aromatic heterocycles. The second kappa shape index (κ2) is 10.4. The van der Waals surface area contributed by atoms with Gasteiger partial charge in [0.05, 0.1) is 17.5 Å². The number of likely N-dealkylation sites (tertiary alicyclic amines) is 1. The van der Waals surface area contributed by atoms with E-state index in [0.29, 0.717) is 28.8 Å². The van der Waals surface area contributed by atoms with Crippen LogP contribution in [0, 0.1) is 0 Å². The summed E-state index contributed by atoms with van der Waals surface area (Å²) in [7, 11) is 2.18. The van der Waals surface area contributed by atoms with Gasteiger partial charge in [-0.2, -0.15) is 4.98 Å². The molecule has 1 N–H and O–H groups in total. The van der Waals surface area contributed by atoms with Crippen molar-refractivity contribution in [2.45, 2.75) is 44.1 Å². The minimum atomic E-state index is -0.0619. The third kappa shape index (κ3) is 4.69. The summed E-state index contributed by atoms with van der Waals surface area (Å²) < 4.78 is 7.37. The number of fused-ring (bicyclic) bond motifs is 1. The highest BCUT2D eigenvalue weighted by Gasteiger charge is 2.24. The summed E-state index contributed by atoms with van der Waals surface area (Å²) in [5.74, 6) is 1.82. The topological polar surface area (TPSA) is 89.1 Å². The van der Waals surface area contributed by atoms with Gasteiger partial charge in [0.25, 0.3) is 5.56 Å². The Morgan fingerprint density at radius 3 is 2.52 bits per heavy atom. The van der Waals surface area contributed by atoms with Gasteiger partial charge in [0.1, 0.15) is 11.4 Å². The number of hydrogen-bond donors (Lipinski definition) is 1. The van der Waals surface area contributed by atoms with Gasteiger partial charge >= 0.3 is 0 Å². The van der Waals surface area contributed by atoms with E-state index >= 15 is 0 Å². The minimum absolute atomic E-state index is 0.0619. The summed E-state index contributed by atoms with van der Waals surface area (Å²) in [5, 5.41) is 4.18. The zero-order valence-electron chi connectivity index (χ0n) is 22.6. The third-order valence-corrected chi connectivity index (χ3v) is 8.34. The molecule has 5 heterocycles. The number of likely N-dealkylation sites (N-methyl/N-ethyl adjacent to an activating group) is 1. The molecule has 0 spiro atoms. The van der Waals surface area contributed by atoms with Gasteiger partial charge in [0, 0.05) is 41.6 Å². The van der Waals surface area contributed by atoms with Crippen LogP contribution in [-0.4, -0.2) is 44.6 Å². The molecule has 1 unspecified atom stereocenters. The highest BCUT2D eigenvalue weighted by atomic mass is 16.3. The van der Waals surface area contributed by atoms with Gasteiger partial charge in [-0.15, -0.1) is 0 Å². The molecule has 1 aliphatic heterocycles. The van der Waals surface area contributed by atoms with E-state index in [0.717, 1.165) is 61.2 Å². The maximum atomic E-state index is 14.0. The first-order valence-corrected chi connectivity index (χ1v) is 14.1. The Kier molecular flexibility index (Phi) is 6.40. The van der Waals surface area contributed by atoms with Crippen LogP contribution in [0.1, 0.15) is 49.6 Å². The molecule has 202 valence electrons. The van der Waals surface area contributed by atoms with Crippen molar-refractivity contribution in [2.75, 3.05) is 25.5 Å². The van der Waals surface area contributed by atoms with Gasteiger partial charge in [-0.25, -0.2) is 4.98 Å². The quantitative estimate of drug-likeness (QED) is 0.271. The normalized spacial score (nSPS) is 18.1. The van der Waals surface area contributed by atoms with E-state index in [1.54, 1.807) is 18.7 Å². The molecule has 40 heavy (non-hydrogen) atoms. The monoisotopic (exact) mass is 532 g/mol. The van der Waals surface area contributed by atoms with Gasteiger partial charge in [0.2, 0.25) is 5.95 Å². The first kappa shape index (κ1) is 24.7. The Bertz CT molecular complexity index is 1690. The van der Waals surface area contributed by atoms with E-state index < -0.39 is 0 Å². The Labute approximate surface area is 232 Å². The molecule has 2 aliphatic rings. The van der Waals surface area contributed by atoms with Gasteiger partial charge in [-0.3, -0.25) is 14.3 Å². The lowest BCUT2D eigenvalue weighted by molar-refractivity contribution is 0.411. The molecule has 0 amide bonds. The lowest BCUT2D eigenvalue weighted by Gasteiger charge is -2.18. The molecule has 1 aliphatic carbocycles. The number of anilines is 2. The number of pyridine rings is 2. The number of rotatable bonds is 6. The van der Waals surface area contributed by atoms with E-state index in [4.69, 9.17) is 9.40 Å². The average molecular weight is 533 g/mol. The lowest BCUT2D eigenvalue weighted by atomic mass is 9.98. The van der Waals surface area contributed by atoms with Crippen molar-refractivity contribution in [3.05, 3.63) is 89.2 Å². The molecule has 8 nitrogen and oxygen atoms in total. The van der Waals surface area contributed by atoms with Crippen LogP contribution in [0.3, 0.4) is 0 Å². The predicted molar refractivity (Wildman–Crippen MR) is 157 cm³/mol. The van der Waals surface area contributed by atoms with Crippen LogP contribution in [0.15, 0.2) is 82.5 Å². The van der Waals surface area contributed by atoms with Crippen molar-refractivity contribution < 1.29 is 4.42 Å². The molecule has 1 saturated heterocycles. The molecule has 1 saturated carbocycles. The summed E-state index contributed by atoms with van der Waals surface area (Å²) in [5.41, 5.74) is 4.95. The van der Waals surface area contributed by atoms with Crippen LogP contribution in [0.4, 0.5) is 11.6 Å². The van der Waals surface area contributed by atoms with E-state index in [2.05, 4.69) is 51.5 Å². The second-order valence-corrected chi connectivity index (χ2v) is 11.0. The van der Waals surface area contributed by atoms with Gasteiger partial charge in [-0.1, -0.05) is 25.0 Å². The molecule has 1 aromatic carbocycles. The molecular formula is C32H32N6O2. The fourth-order valence-electron chi connectivity index (χ4n) is 6.18. The van der Waals surface area contributed by atoms with E-state index in [1.165, 1.54) is 12.0 Å². The molecule has 1 atom stereocenters. The van der Waals surface area contributed by atoms with E-state index in [1.807, 2.05) is 34.9 Å².